The van der Waals surface area contributed by atoms with Crippen LogP contribution in [0.15, 0.2) is 48.5 Å². The molecule has 0 aromatic heterocycles. The van der Waals surface area contributed by atoms with E-state index in [4.69, 9.17) is 11.6 Å². The molecule has 0 saturated heterocycles. The second kappa shape index (κ2) is 10.9. The van der Waals surface area contributed by atoms with Crippen LogP contribution in [0.5, 0.6) is 0 Å². The van der Waals surface area contributed by atoms with Crippen LogP contribution in [-0.4, -0.2) is 30.8 Å². The van der Waals surface area contributed by atoms with Crippen molar-refractivity contribution in [1.29, 1.82) is 0 Å². The summed E-state index contributed by atoms with van der Waals surface area (Å²) < 4.78 is 0.819. The molecule has 2 aromatic carbocycles. The molecule has 0 bridgehead atoms. The summed E-state index contributed by atoms with van der Waals surface area (Å²) >= 11 is 7.86. The molecule has 3 amide bonds. The van der Waals surface area contributed by atoms with Gasteiger partial charge in [0.25, 0.3) is 5.91 Å². The molecule has 0 spiro atoms. The topological polar surface area (TPSA) is 87.3 Å². The van der Waals surface area contributed by atoms with Crippen LogP contribution in [0.4, 0.5) is 5.69 Å². The van der Waals surface area contributed by atoms with E-state index in [2.05, 4.69) is 38.5 Å². The van der Waals surface area contributed by atoms with E-state index in [1.165, 1.54) is 0 Å². The van der Waals surface area contributed by atoms with Gasteiger partial charge in [0.2, 0.25) is 11.8 Å². The van der Waals surface area contributed by atoms with Crippen LogP contribution in [-0.2, 0) is 9.59 Å². The van der Waals surface area contributed by atoms with Gasteiger partial charge in [-0.15, -0.1) is 0 Å². The number of halogens is 2. The molecule has 3 N–H and O–H groups in total. The van der Waals surface area contributed by atoms with Crippen LogP contribution in [0.25, 0.3) is 0 Å². The fourth-order valence-corrected chi connectivity index (χ4v) is 2.96. The van der Waals surface area contributed by atoms with Crippen LogP contribution in [0.3, 0.4) is 0 Å². The van der Waals surface area contributed by atoms with Crippen LogP contribution in [0.2, 0.25) is 5.02 Å². The molecule has 27 heavy (non-hydrogen) atoms. The Morgan fingerprint density at radius 3 is 2.33 bits per heavy atom. The van der Waals surface area contributed by atoms with Crippen molar-refractivity contribution in [1.82, 2.24) is 10.6 Å². The minimum Gasteiger partial charge on any atom is -0.355 e. The van der Waals surface area contributed by atoms with Crippen LogP contribution in [0, 0.1) is 3.57 Å². The van der Waals surface area contributed by atoms with Crippen molar-refractivity contribution in [3.63, 3.8) is 0 Å². The van der Waals surface area contributed by atoms with E-state index < -0.39 is 0 Å². The van der Waals surface area contributed by atoms with Gasteiger partial charge in [0.05, 0.1) is 12.1 Å². The van der Waals surface area contributed by atoms with Gasteiger partial charge in [0, 0.05) is 27.2 Å². The Hall–Kier alpha value is -2.13. The number of benzene rings is 2. The fourth-order valence-electron chi connectivity index (χ4n) is 2.20. The highest BCUT2D eigenvalue weighted by Gasteiger charge is 2.10. The summed E-state index contributed by atoms with van der Waals surface area (Å²) in [5, 5.41) is 8.61. The first-order chi connectivity index (χ1) is 13.0. The van der Waals surface area contributed by atoms with Crippen molar-refractivity contribution in [2.75, 3.05) is 18.4 Å². The summed E-state index contributed by atoms with van der Waals surface area (Å²) in [4.78, 5) is 35.6. The molecule has 0 aliphatic rings. The van der Waals surface area contributed by atoms with Crippen molar-refractivity contribution in [3.05, 3.63) is 62.7 Å². The van der Waals surface area contributed by atoms with Gasteiger partial charge < -0.3 is 16.0 Å². The summed E-state index contributed by atoms with van der Waals surface area (Å²) in [5.41, 5.74) is 1.21. The molecule has 142 valence electrons. The number of carbonyl (C=O) groups is 3. The molecule has 0 heterocycles. The average molecular weight is 500 g/mol. The normalized spacial score (nSPS) is 10.1. The van der Waals surface area contributed by atoms with Crippen molar-refractivity contribution in [2.45, 2.75) is 12.8 Å². The molecule has 2 rings (SSSR count). The number of rotatable bonds is 8. The Balaban J connectivity index is 1.61. The third-order valence-corrected chi connectivity index (χ3v) is 4.75. The maximum atomic E-state index is 12.0. The lowest BCUT2D eigenvalue weighted by Crippen LogP contribution is -2.37. The number of carbonyl (C=O) groups excluding carboxylic acids is 3. The summed E-state index contributed by atoms with van der Waals surface area (Å²) in [6.45, 7) is 0.242. The zero-order valence-electron chi connectivity index (χ0n) is 14.4. The fraction of sp³-hybridized carbons (Fsp3) is 0.211. The van der Waals surface area contributed by atoms with Crippen LogP contribution >= 0.6 is 34.2 Å². The molecule has 0 atom stereocenters. The predicted molar refractivity (Wildman–Crippen MR) is 114 cm³/mol. The van der Waals surface area contributed by atoms with Crippen molar-refractivity contribution in [3.8, 4) is 0 Å². The van der Waals surface area contributed by atoms with E-state index >= 15 is 0 Å². The average Bonchev–Trinajstić information content (AvgIpc) is 2.65. The van der Waals surface area contributed by atoms with E-state index in [0.717, 1.165) is 3.57 Å². The monoisotopic (exact) mass is 499 g/mol. The standard InChI is InChI=1S/C19H19ClIN3O3/c20-13-7-9-14(10-8-13)24-17(25)6-3-11-22-18(26)12-23-19(27)15-4-1-2-5-16(15)21/h1-2,4-5,7-10H,3,6,11-12H2,(H,22,26)(H,23,27)(H,24,25). The van der Waals surface area contributed by atoms with Gasteiger partial charge in [-0.3, -0.25) is 14.4 Å². The van der Waals surface area contributed by atoms with Gasteiger partial charge in [-0.05, 0) is 65.4 Å². The van der Waals surface area contributed by atoms with Gasteiger partial charge in [-0.25, -0.2) is 0 Å². The summed E-state index contributed by atoms with van der Waals surface area (Å²) in [6.07, 6.45) is 0.771. The molecule has 0 aliphatic heterocycles. The highest BCUT2D eigenvalue weighted by atomic mass is 127. The molecule has 0 unspecified atom stereocenters. The third-order valence-electron chi connectivity index (χ3n) is 3.56. The van der Waals surface area contributed by atoms with E-state index in [0.29, 0.717) is 29.2 Å². The Kier molecular flexibility index (Phi) is 8.53. The van der Waals surface area contributed by atoms with Crippen LogP contribution in [0.1, 0.15) is 23.2 Å². The summed E-state index contributed by atoms with van der Waals surface area (Å²) in [7, 11) is 0. The molecule has 0 saturated carbocycles. The summed E-state index contributed by atoms with van der Waals surface area (Å²) in [6, 6.07) is 14.0. The molecule has 0 radical (unpaired) electrons. The van der Waals surface area contributed by atoms with E-state index in [1.807, 2.05) is 12.1 Å². The lowest BCUT2D eigenvalue weighted by molar-refractivity contribution is -0.120. The maximum absolute atomic E-state index is 12.0. The number of amides is 3. The second-order valence-electron chi connectivity index (χ2n) is 5.67. The molecular weight excluding hydrogens is 481 g/mol. The molecule has 2 aromatic rings. The SMILES string of the molecule is O=C(CNC(=O)c1ccccc1I)NCCCC(=O)Nc1ccc(Cl)cc1. The molecule has 0 fully saturated rings. The molecule has 8 heteroatoms. The minimum absolute atomic E-state index is 0.110. The number of hydrogen-bond acceptors (Lipinski definition) is 3. The molecular formula is C19H19ClIN3O3. The second-order valence-corrected chi connectivity index (χ2v) is 7.27. The number of nitrogens with one attached hydrogen (secondary N) is 3. The van der Waals surface area contributed by atoms with Gasteiger partial charge in [-0.1, -0.05) is 23.7 Å². The lowest BCUT2D eigenvalue weighted by atomic mass is 10.2. The first kappa shape index (κ1) is 21.2. The number of anilines is 1. The van der Waals surface area contributed by atoms with Gasteiger partial charge in [0.15, 0.2) is 0 Å². The zero-order chi connectivity index (χ0) is 19.6. The van der Waals surface area contributed by atoms with Crippen LogP contribution < -0.4 is 16.0 Å². The van der Waals surface area contributed by atoms with E-state index in [9.17, 15) is 14.4 Å². The maximum Gasteiger partial charge on any atom is 0.252 e. The quantitative estimate of drug-likeness (QED) is 0.385. The Morgan fingerprint density at radius 2 is 1.63 bits per heavy atom. The van der Waals surface area contributed by atoms with Gasteiger partial charge >= 0.3 is 0 Å². The molecule has 6 nitrogen and oxygen atoms in total. The Labute approximate surface area is 176 Å². The minimum atomic E-state index is -0.299. The lowest BCUT2D eigenvalue weighted by Gasteiger charge is -2.08. The largest absolute Gasteiger partial charge is 0.355 e. The smallest absolute Gasteiger partial charge is 0.252 e. The highest BCUT2D eigenvalue weighted by Crippen LogP contribution is 2.13. The Morgan fingerprint density at radius 1 is 0.926 bits per heavy atom. The van der Waals surface area contributed by atoms with Crippen molar-refractivity contribution in [2.24, 2.45) is 0 Å². The van der Waals surface area contributed by atoms with E-state index in [1.54, 1.807) is 36.4 Å². The first-order valence-corrected chi connectivity index (χ1v) is 9.76. The summed E-state index contributed by atoms with van der Waals surface area (Å²) in [5.74, 6) is -0.733. The zero-order valence-corrected chi connectivity index (χ0v) is 17.3. The van der Waals surface area contributed by atoms with E-state index in [-0.39, 0.29) is 30.7 Å². The highest BCUT2D eigenvalue weighted by molar-refractivity contribution is 14.1. The Bertz CT molecular complexity index is 812. The predicted octanol–water partition coefficient (Wildman–Crippen LogP) is 3.21. The molecule has 0 aliphatic carbocycles. The van der Waals surface area contributed by atoms with Gasteiger partial charge in [0.1, 0.15) is 0 Å². The number of hydrogen-bond donors (Lipinski definition) is 3. The third kappa shape index (κ3) is 7.56. The first-order valence-electron chi connectivity index (χ1n) is 8.30. The van der Waals surface area contributed by atoms with Gasteiger partial charge in [-0.2, -0.15) is 0 Å². The van der Waals surface area contributed by atoms with Crippen molar-refractivity contribution >= 4 is 57.6 Å². The van der Waals surface area contributed by atoms with Crippen molar-refractivity contribution < 1.29 is 14.4 Å².